The van der Waals surface area contributed by atoms with Crippen molar-refractivity contribution in [3.05, 3.63) is 28.7 Å². The molecule has 72 valence electrons. The summed E-state index contributed by atoms with van der Waals surface area (Å²) in [6.07, 6.45) is 0. The first kappa shape index (κ1) is 7.94. The third-order valence-corrected chi connectivity index (χ3v) is 2.73. The van der Waals surface area contributed by atoms with Gasteiger partial charge >= 0.3 is 0 Å². The number of hydrogen-bond acceptors (Lipinski definition) is 3. The number of nitrogens with zero attached hydrogens (tertiary/aromatic N) is 3. The van der Waals surface area contributed by atoms with Crippen LogP contribution in [0.4, 0.5) is 0 Å². The van der Waals surface area contributed by atoms with Gasteiger partial charge in [-0.1, -0.05) is 0 Å². The van der Waals surface area contributed by atoms with E-state index in [4.69, 9.17) is 0 Å². The van der Waals surface area contributed by atoms with Crippen LogP contribution in [0.15, 0.2) is 6.07 Å². The van der Waals surface area contributed by atoms with Gasteiger partial charge in [-0.3, -0.25) is 0 Å². The van der Waals surface area contributed by atoms with E-state index in [1.807, 2.05) is 17.5 Å². The molecule has 0 aromatic carbocycles. The van der Waals surface area contributed by atoms with Crippen LogP contribution in [0.1, 0.15) is 22.6 Å². The molecule has 1 aliphatic rings. The normalized spacial score (nSPS) is 15.0. The maximum atomic E-state index is 4.53. The highest BCUT2D eigenvalue weighted by Crippen LogP contribution is 2.19. The molecule has 4 nitrogen and oxygen atoms in total. The van der Waals surface area contributed by atoms with Crippen molar-refractivity contribution in [2.24, 2.45) is 0 Å². The maximum absolute atomic E-state index is 4.53. The summed E-state index contributed by atoms with van der Waals surface area (Å²) in [6, 6.07) is 2.02. The van der Waals surface area contributed by atoms with E-state index in [0.717, 1.165) is 30.1 Å². The highest BCUT2D eigenvalue weighted by molar-refractivity contribution is 5.45. The molecule has 2 aromatic heterocycles. The number of rotatable bonds is 0. The molecule has 1 aliphatic heterocycles. The monoisotopic (exact) mass is 188 g/mol. The van der Waals surface area contributed by atoms with Crippen LogP contribution in [0.2, 0.25) is 0 Å². The second-order valence-electron chi connectivity index (χ2n) is 3.78. The molecule has 1 N–H and O–H groups in total. The zero-order chi connectivity index (χ0) is 9.71. The van der Waals surface area contributed by atoms with E-state index >= 15 is 0 Å². The molecule has 0 fully saturated rings. The van der Waals surface area contributed by atoms with Gasteiger partial charge in [0.15, 0.2) is 5.65 Å². The Kier molecular flexibility index (Phi) is 1.44. The van der Waals surface area contributed by atoms with E-state index in [1.54, 1.807) is 0 Å². The fraction of sp³-hybridized carbons (Fsp3) is 0.400. The average molecular weight is 188 g/mol. The second kappa shape index (κ2) is 2.54. The van der Waals surface area contributed by atoms with Crippen molar-refractivity contribution < 1.29 is 0 Å². The minimum atomic E-state index is 0.899. The lowest BCUT2D eigenvalue weighted by Crippen LogP contribution is -2.03. The van der Waals surface area contributed by atoms with Gasteiger partial charge in [-0.15, -0.1) is 0 Å². The van der Waals surface area contributed by atoms with E-state index in [0.29, 0.717) is 0 Å². The first-order valence-electron chi connectivity index (χ1n) is 4.81. The third kappa shape index (κ3) is 0.915. The predicted octanol–water partition coefficient (Wildman–Crippen LogP) is 0.949. The van der Waals surface area contributed by atoms with Crippen molar-refractivity contribution in [1.29, 1.82) is 0 Å². The summed E-state index contributed by atoms with van der Waals surface area (Å²) in [5.41, 5.74) is 5.68. The Balaban J connectivity index is 2.45. The topological polar surface area (TPSA) is 42.2 Å². The molecule has 0 atom stereocenters. The second-order valence-corrected chi connectivity index (χ2v) is 3.78. The lowest BCUT2D eigenvalue weighted by molar-refractivity contribution is 0.739. The Morgan fingerprint density at radius 1 is 1.36 bits per heavy atom. The molecular weight excluding hydrogens is 176 g/mol. The minimum Gasteiger partial charge on any atom is -0.307 e. The Morgan fingerprint density at radius 3 is 3.07 bits per heavy atom. The van der Waals surface area contributed by atoms with Crippen LogP contribution < -0.4 is 5.32 Å². The average Bonchev–Trinajstić information content (AvgIpc) is 2.69. The highest BCUT2D eigenvalue weighted by atomic mass is 15.3. The van der Waals surface area contributed by atoms with E-state index in [1.165, 1.54) is 11.3 Å². The SMILES string of the molecule is Cc1cc2nc(C)c3c(n2n1)CNC3. The fourth-order valence-electron chi connectivity index (χ4n) is 2.06. The van der Waals surface area contributed by atoms with Gasteiger partial charge in [0.25, 0.3) is 0 Å². The van der Waals surface area contributed by atoms with E-state index in [-0.39, 0.29) is 0 Å². The van der Waals surface area contributed by atoms with Crippen LogP contribution in [-0.2, 0) is 13.1 Å². The summed E-state index contributed by atoms with van der Waals surface area (Å²) in [6.45, 7) is 5.88. The van der Waals surface area contributed by atoms with Crippen molar-refractivity contribution in [1.82, 2.24) is 19.9 Å². The highest BCUT2D eigenvalue weighted by Gasteiger charge is 2.18. The van der Waals surface area contributed by atoms with Gasteiger partial charge in [0.05, 0.1) is 11.4 Å². The van der Waals surface area contributed by atoms with Gasteiger partial charge in [0.1, 0.15) is 0 Å². The Labute approximate surface area is 82.0 Å². The van der Waals surface area contributed by atoms with Crippen molar-refractivity contribution in [2.45, 2.75) is 26.9 Å². The Morgan fingerprint density at radius 2 is 2.21 bits per heavy atom. The lowest BCUT2D eigenvalue weighted by Gasteiger charge is -2.04. The molecule has 0 saturated heterocycles. The molecular formula is C10H12N4. The van der Waals surface area contributed by atoms with E-state index in [9.17, 15) is 0 Å². The molecule has 0 spiro atoms. The predicted molar refractivity (Wildman–Crippen MR) is 53.0 cm³/mol. The molecule has 0 saturated carbocycles. The van der Waals surface area contributed by atoms with Crippen LogP contribution >= 0.6 is 0 Å². The lowest BCUT2D eigenvalue weighted by atomic mass is 10.2. The van der Waals surface area contributed by atoms with Gasteiger partial charge in [0, 0.05) is 30.4 Å². The van der Waals surface area contributed by atoms with Crippen molar-refractivity contribution in [2.75, 3.05) is 0 Å². The minimum absolute atomic E-state index is 0.899. The smallest absolute Gasteiger partial charge is 0.155 e. The summed E-state index contributed by atoms with van der Waals surface area (Å²) in [5.74, 6) is 0. The summed E-state index contributed by atoms with van der Waals surface area (Å²) in [7, 11) is 0. The Bertz CT molecular complexity index is 512. The van der Waals surface area contributed by atoms with Gasteiger partial charge in [0.2, 0.25) is 0 Å². The number of nitrogens with one attached hydrogen (secondary N) is 1. The molecule has 0 aliphatic carbocycles. The summed E-state index contributed by atoms with van der Waals surface area (Å²) >= 11 is 0. The quantitative estimate of drug-likeness (QED) is 0.669. The molecule has 3 heterocycles. The standard InChI is InChI=1S/C10H12N4/c1-6-3-10-12-7(2)8-4-11-5-9(8)14(10)13-6/h3,11H,4-5H2,1-2H3. The summed E-state index contributed by atoms with van der Waals surface area (Å²) < 4.78 is 1.96. The molecule has 4 heteroatoms. The van der Waals surface area contributed by atoms with Crippen LogP contribution in [-0.4, -0.2) is 14.6 Å². The first-order chi connectivity index (χ1) is 6.75. The van der Waals surface area contributed by atoms with Crippen molar-refractivity contribution in [3.8, 4) is 0 Å². The van der Waals surface area contributed by atoms with Crippen molar-refractivity contribution >= 4 is 5.65 Å². The maximum Gasteiger partial charge on any atom is 0.155 e. The fourth-order valence-corrected chi connectivity index (χ4v) is 2.06. The first-order valence-corrected chi connectivity index (χ1v) is 4.81. The zero-order valence-electron chi connectivity index (χ0n) is 8.33. The number of fused-ring (bicyclic) bond motifs is 3. The molecule has 2 aromatic rings. The third-order valence-electron chi connectivity index (χ3n) is 2.73. The number of hydrogen-bond donors (Lipinski definition) is 1. The molecule has 0 unspecified atom stereocenters. The number of aromatic nitrogens is 3. The van der Waals surface area contributed by atoms with E-state index < -0.39 is 0 Å². The Hall–Kier alpha value is -1.42. The van der Waals surface area contributed by atoms with Crippen LogP contribution in [0.25, 0.3) is 5.65 Å². The van der Waals surface area contributed by atoms with Gasteiger partial charge in [-0.2, -0.15) is 5.10 Å². The zero-order valence-corrected chi connectivity index (χ0v) is 8.33. The van der Waals surface area contributed by atoms with Gasteiger partial charge in [-0.25, -0.2) is 9.50 Å². The molecule has 0 amide bonds. The largest absolute Gasteiger partial charge is 0.307 e. The number of aryl methyl sites for hydroxylation is 2. The van der Waals surface area contributed by atoms with Crippen LogP contribution in [0.3, 0.4) is 0 Å². The molecule has 0 bridgehead atoms. The van der Waals surface area contributed by atoms with Gasteiger partial charge < -0.3 is 5.32 Å². The molecule has 14 heavy (non-hydrogen) atoms. The van der Waals surface area contributed by atoms with Crippen LogP contribution in [0.5, 0.6) is 0 Å². The van der Waals surface area contributed by atoms with E-state index in [2.05, 4.69) is 22.3 Å². The molecule has 3 rings (SSSR count). The van der Waals surface area contributed by atoms with Gasteiger partial charge in [-0.05, 0) is 13.8 Å². The molecule has 0 radical (unpaired) electrons. The van der Waals surface area contributed by atoms with Crippen LogP contribution in [0, 0.1) is 13.8 Å². The van der Waals surface area contributed by atoms with Crippen molar-refractivity contribution in [3.63, 3.8) is 0 Å². The summed E-state index contributed by atoms with van der Waals surface area (Å²) in [4.78, 5) is 4.53. The summed E-state index contributed by atoms with van der Waals surface area (Å²) in [5, 5.41) is 7.77.